The Hall–Kier alpha value is -1.59. The summed E-state index contributed by atoms with van der Waals surface area (Å²) in [6.07, 6.45) is -0.297. The number of carbonyl (C=O) groups is 1. The lowest BCUT2D eigenvalue weighted by atomic mass is 10.1. The van der Waals surface area contributed by atoms with E-state index in [0.29, 0.717) is 6.54 Å². The van der Waals surface area contributed by atoms with Crippen molar-refractivity contribution in [1.82, 2.24) is 0 Å². The van der Waals surface area contributed by atoms with Crippen LogP contribution < -0.4 is 10.6 Å². The molecule has 0 heterocycles. The van der Waals surface area contributed by atoms with Gasteiger partial charge in [0.1, 0.15) is 0 Å². The number of hydrogen-bond acceptors (Lipinski definition) is 4. The molecule has 18 heavy (non-hydrogen) atoms. The summed E-state index contributed by atoms with van der Waals surface area (Å²) >= 11 is 0. The van der Waals surface area contributed by atoms with Crippen LogP contribution in [0.15, 0.2) is 18.2 Å². The largest absolute Gasteiger partial charge is 0.380 e. The van der Waals surface area contributed by atoms with Crippen LogP contribution in [-0.4, -0.2) is 33.0 Å². The van der Waals surface area contributed by atoms with E-state index in [0.717, 1.165) is 16.9 Å². The first kappa shape index (κ1) is 14.5. The van der Waals surface area contributed by atoms with Gasteiger partial charge >= 0.3 is 0 Å². The van der Waals surface area contributed by atoms with Crippen molar-refractivity contribution >= 4 is 17.3 Å². The number of methoxy groups -OCH3 is 2. The van der Waals surface area contributed by atoms with Crippen molar-refractivity contribution in [1.29, 1.82) is 0 Å². The Morgan fingerprint density at radius 2 is 2.00 bits per heavy atom. The number of anilines is 2. The van der Waals surface area contributed by atoms with Crippen molar-refractivity contribution in [3.05, 3.63) is 23.8 Å². The van der Waals surface area contributed by atoms with E-state index in [1.165, 1.54) is 6.92 Å². The first-order valence-electron chi connectivity index (χ1n) is 5.74. The maximum atomic E-state index is 11.0. The van der Waals surface area contributed by atoms with Crippen LogP contribution in [0.3, 0.4) is 0 Å². The first-order chi connectivity index (χ1) is 8.56. The van der Waals surface area contributed by atoms with Crippen LogP contribution in [-0.2, 0) is 14.3 Å². The van der Waals surface area contributed by atoms with Gasteiger partial charge < -0.3 is 20.1 Å². The lowest BCUT2D eigenvalue weighted by molar-refractivity contribution is -0.114. The van der Waals surface area contributed by atoms with Crippen LogP contribution >= 0.6 is 0 Å². The number of ether oxygens (including phenoxy) is 2. The number of rotatable bonds is 6. The quantitative estimate of drug-likeness (QED) is 0.760. The van der Waals surface area contributed by atoms with Crippen LogP contribution in [0.4, 0.5) is 11.4 Å². The molecular formula is C13H20N2O3. The molecule has 0 spiro atoms. The maximum Gasteiger partial charge on any atom is 0.221 e. The molecule has 5 heteroatoms. The highest BCUT2D eigenvalue weighted by Gasteiger charge is 2.06. The summed E-state index contributed by atoms with van der Waals surface area (Å²) in [4.78, 5) is 11.0. The Morgan fingerprint density at radius 3 is 2.56 bits per heavy atom. The second-order valence-electron chi connectivity index (χ2n) is 3.99. The standard InChI is InChI=1S/C13H20N2O3/c1-9-5-6-11(15-10(2)16)7-12(9)14-8-13(17-3)18-4/h5-7,13-14H,8H2,1-4H3,(H,15,16). The van der Waals surface area contributed by atoms with Gasteiger partial charge in [-0.15, -0.1) is 0 Å². The molecule has 0 atom stereocenters. The Kier molecular flexibility index (Phi) is 5.61. The zero-order valence-electron chi connectivity index (χ0n) is 11.2. The van der Waals surface area contributed by atoms with E-state index in [-0.39, 0.29) is 12.2 Å². The van der Waals surface area contributed by atoms with E-state index in [1.54, 1.807) is 14.2 Å². The molecular weight excluding hydrogens is 232 g/mol. The van der Waals surface area contributed by atoms with E-state index >= 15 is 0 Å². The van der Waals surface area contributed by atoms with Gasteiger partial charge in [-0.25, -0.2) is 0 Å². The monoisotopic (exact) mass is 252 g/mol. The minimum atomic E-state index is -0.297. The molecule has 0 fully saturated rings. The zero-order valence-corrected chi connectivity index (χ0v) is 11.2. The predicted octanol–water partition coefficient (Wildman–Crippen LogP) is 1.98. The summed E-state index contributed by atoms with van der Waals surface area (Å²) in [7, 11) is 3.19. The highest BCUT2D eigenvalue weighted by Crippen LogP contribution is 2.20. The fourth-order valence-corrected chi connectivity index (χ4v) is 1.55. The molecule has 0 aliphatic heterocycles. The van der Waals surface area contributed by atoms with Crippen LogP contribution in [0, 0.1) is 6.92 Å². The van der Waals surface area contributed by atoms with Gasteiger partial charge in [0.25, 0.3) is 0 Å². The molecule has 5 nitrogen and oxygen atoms in total. The predicted molar refractivity (Wildman–Crippen MR) is 71.8 cm³/mol. The molecule has 2 N–H and O–H groups in total. The SMILES string of the molecule is COC(CNc1cc(NC(C)=O)ccc1C)OC. The van der Waals surface area contributed by atoms with E-state index in [1.807, 2.05) is 25.1 Å². The Bertz CT molecular complexity index is 403. The Morgan fingerprint density at radius 1 is 1.33 bits per heavy atom. The average Bonchev–Trinajstić information content (AvgIpc) is 2.33. The van der Waals surface area contributed by atoms with Crippen LogP contribution in [0.5, 0.6) is 0 Å². The fourth-order valence-electron chi connectivity index (χ4n) is 1.55. The molecule has 0 bridgehead atoms. The molecule has 1 aromatic rings. The molecule has 100 valence electrons. The van der Waals surface area contributed by atoms with Crippen molar-refractivity contribution < 1.29 is 14.3 Å². The summed E-state index contributed by atoms with van der Waals surface area (Å²) in [5.74, 6) is -0.0866. The van der Waals surface area contributed by atoms with Gasteiger partial charge in [0.15, 0.2) is 6.29 Å². The molecule has 1 rings (SSSR count). The lowest BCUT2D eigenvalue weighted by Gasteiger charge is -2.17. The van der Waals surface area contributed by atoms with Gasteiger partial charge in [0.2, 0.25) is 5.91 Å². The molecule has 0 aliphatic carbocycles. The summed E-state index contributed by atoms with van der Waals surface area (Å²) in [6.45, 7) is 4.02. The maximum absolute atomic E-state index is 11.0. The molecule has 0 saturated heterocycles. The van der Waals surface area contributed by atoms with E-state index in [4.69, 9.17) is 9.47 Å². The van der Waals surface area contributed by atoms with Crippen LogP contribution in [0.2, 0.25) is 0 Å². The smallest absolute Gasteiger partial charge is 0.221 e. The second kappa shape index (κ2) is 6.98. The Labute approximate surface area is 107 Å². The van der Waals surface area contributed by atoms with Gasteiger partial charge in [-0.05, 0) is 24.6 Å². The summed E-state index contributed by atoms with van der Waals surface area (Å²) < 4.78 is 10.2. The van der Waals surface area contributed by atoms with Crippen molar-refractivity contribution in [2.45, 2.75) is 20.1 Å². The topological polar surface area (TPSA) is 59.6 Å². The fraction of sp³-hybridized carbons (Fsp3) is 0.462. The van der Waals surface area contributed by atoms with Gasteiger partial charge in [-0.3, -0.25) is 4.79 Å². The van der Waals surface area contributed by atoms with Crippen molar-refractivity contribution in [2.75, 3.05) is 31.4 Å². The van der Waals surface area contributed by atoms with Crippen molar-refractivity contribution in [2.24, 2.45) is 0 Å². The molecule has 0 aliphatic rings. The third kappa shape index (κ3) is 4.35. The third-order valence-corrected chi connectivity index (χ3v) is 2.54. The molecule has 0 unspecified atom stereocenters. The summed E-state index contributed by atoms with van der Waals surface area (Å²) in [5.41, 5.74) is 2.80. The number of carbonyl (C=O) groups excluding carboxylic acids is 1. The molecule has 1 aromatic carbocycles. The number of amides is 1. The lowest BCUT2D eigenvalue weighted by Crippen LogP contribution is -2.24. The highest BCUT2D eigenvalue weighted by atomic mass is 16.7. The Balaban J connectivity index is 2.71. The van der Waals surface area contributed by atoms with Gasteiger partial charge in [0, 0.05) is 32.5 Å². The zero-order chi connectivity index (χ0) is 13.5. The van der Waals surface area contributed by atoms with Crippen LogP contribution in [0.25, 0.3) is 0 Å². The second-order valence-corrected chi connectivity index (χ2v) is 3.99. The summed E-state index contributed by atoms with van der Waals surface area (Å²) in [5, 5.41) is 5.97. The minimum absolute atomic E-state index is 0.0866. The number of nitrogens with one attached hydrogen (secondary N) is 2. The number of aryl methyl sites for hydroxylation is 1. The molecule has 0 radical (unpaired) electrons. The normalized spacial score (nSPS) is 10.5. The summed E-state index contributed by atoms with van der Waals surface area (Å²) in [6, 6.07) is 5.70. The number of hydrogen-bond donors (Lipinski definition) is 2. The highest BCUT2D eigenvalue weighted by molar-refractivity contribution is 5.89. The number of benzene rings is 1. The average molecular weight is 252 g/mol. The molecule has 1 amide bonds. The van der Waals surface area contributed by atoms with E-state index < -0.39 is 0 Å². The minimum Gasteiger partial charge on any atom is -0.380 e. The third-order valence-electron chi connectivity index (χ3n) is 2.54. The first-order valence-corrected chi connectivity index (χ1v) is 5.74. The van der Waals surface area contributed by atoms with Crippen molar-refractivity contribution in [3.8, 4) is 0 Å². The molecule has 0 saturated carbocycles. The van der Waals surface area contributed by atoms with Crippen LogP contribution in [0.1, 0.15) is 12.5 Å². The van der Waals surface area contributed by atoms with Gasteiger partial charge in [-0.1, -0.05) is 6.07 Å². The van der Waals surface area contributed by atoms with E-state index in [9.17, 15) is 4.79 Å². The van der Waals surface area contributed by atoms with E-state index in [2.05, 4.69) is 10.6 Å². The van der Waals surface area contributed by atoms with Gasteiger partial charge in [0.05, 0.1) is 6.54 Å². The van der Waals surface area contributed by atoms with Crippen molar-refractivity contribution in [3.63, 3.8) is 0 Å². The van der Waals surface area contributed by atoms with Gasteiger partial charge in [-0.2, -0.15) is 0 Å². The molecule has 0 aromatic heterocycles.